The Hall–Kier alpha value is -0.500. The van der Waals surface area contributed by atoms with Crippen molar-refractivity contribution >= 4 is 45.7 Å². The Balaban J connectivity index is 2.73. The Labute approximate surface area is 96.6 Å². The number of hydrogen-bond donors (Lipinski definition) is 0. The van der Waals surface area contributed by atoms with E-state index in [1.807, 2.05) is 12.1 Å². The van der Waals surface area contributed by atoms with Gasteiger partial charge in [-0.25, -0.2) is 0 Å². The molecule has 0 radical (unpaired) electrons. The highest BCUT2D eigenvalue weighted by Gasteiger charge is 2.03. The fourth-order valence-electron chi connectivity index (χ4n) is 1.27. The lowest BCUT2D eigenvalue weighted by molar-refractivity contribution is 1.37. The lowest BCUT2D eigenvalue weighted by Crippen LogP contribution is -1.84. The van der Waals surface area contributed by atoms with E-state index in [2.05, 4.69) is 4.98 Å². The van der Waals surface area contributed by atoms with Gasteiger partial charge in [0.2, 0.25) is 0 Å². The number of pyridine rings is 1. The number of fused-ring (bicyclic) bond motifs is 1. The molecule has 1 aromatic carbocycles. The Morgan fingerprint density at radius 3 is 2.64 bits per heavy atom. The molecule has 0 amide bonds. The zero-order valence-corrected chi connectivity index (χ0v) is 9.37. The minimum Gasteiger partial charge on any atom is -0.255 e. The number of alkyl halides is 1. The monoisotopic (exact) mass is 245 g/mol. The summed E-state index contributed by atoms with van der Waals surface area (Å²) in [6.45, 7) is 0. The van der Waals surface area contributed by atoms with Crippen LogP contribution in [0.1, 0.15) is 5.56 Å². The summed E-state index contributed by atoms with van der Waals surface area (Å²) in [4.78, 5) is 4.16. The van der Waals surface area contributed by atoms with Crippen molar-refractivity contribution in [1.82, 2.24) is 4.98 Å². The van der Waals surface area contributed by atoms with Gasteiger partial charge in [0, 0.05) is 22.5 Å². The van der Waals surface area contributed by atoms with Gasteiger partial charge >= 0.3 is 0 Å². The van der Waals surface area contributed by atoms with Gasteiger partial charge in [0.1, 0.15) is 0 Å². The molecular formula is C10H6Cl3N. The number of nitrogens with zero attached hydrogens (tertiary/aromatic N) is 1. The average molecular weight is 247 g/mol. The molecule has 14 heavy (non-hydrogen) atoms. The van der Waals surface area contributed by atoms with E-state index >= 15 is 0 Å². The van der Waals surface area contributed by atoms with Crippen LogP contribution in [-0.2, 0) is 5.88 Å². The van der Waals surface area contributed by atoms with Crippen molar-refractivity contribution in [1.29, 1.82) is 0 Å². The van der Waals surface area contributed by atoms with Crippen LogP contribution in [0, 0.1) is 0 Å². The van der Waals surface area contributed by atoms with Crippen LogP contribution in [0.15, 0.2) is 24.4 Å². The van der Waals surface area contributed by atoms with Gasteiger partial charge in [-0.2, -0.15) is 0 Å². The van der Waals surface area contributed by atoms with Gasteiger partial charge in [0.05, 0.1) is 10.5 Å². The maximum absolute atomic E-state index is 5.99. The standard InChI is InChI=1S/C10H6Cl3N/c11-4-7-1-6-2-8(12)5-14-10(6)3-9(7)13/h1-3,5H,4H2. The minimum atomic E-state index is 0.390. The van der Waals surface area contributed by atoms with E-state index < -0.39 is 0 Å². The second-order valence-electron chi connectivity index (χ2n) is 2.92. The second-order valence-corrected chi connectivity index (χ2v) is 4.03. The number of aromatic nitrogens is 1. The summed E-state index contributed by atoms with van der Waals surface area (Å²) in [5.41, 5.74) is 1.72. The SMILES string of the molecule is ClCc1cc2cc(Cl)cnc2cc1Cl. The summed E-state index contributed by atoms with van der Waals surface area (Å²) in [6, 6.07) is 5.55. The van der Waals surface area contributed by atoms with Crippen molar-refractivity contribution < 1.29 is 0 Å². The fourth-order valence-corrected chi connectivity index (χ4v) is 1.95. The highest BCUT2D eigenvalue weighted by atomic mass is 35.5. The molecule has 0 spiro atoms. The zero-order valence-electron chi connectivity index (χ0n) is 7.10. The molecule has 1 nitrogen and oxygen atoms in total. The lowest BCUT2D eigenvalue weighted by atomic mass is 10.1. The lowest BCUT2D eigenvalue weighted by Gasteiger charge is -2.03. The molecule has 0 saturated heterocycles. The smallest absolute Gasteiger partial charge is 0.0718 e. The van der Waals surface area contributed by atoms with Gasteiger partial charge in [0.25, 0.3) is 0 Å². The molecule has 72 valence electrons. The van der Waals surface area contributed by atoms with Gasteiger partial charge in [-0.15, -0.1) is 11.6 Å². The van der Waals surface area contributed by atoms with Crippen molar-refractivity contribution in [3.8, 4) is 0 Å². The second kappa shape index (κ2) is 3.93. The minimum absolute atomic E-state index is 0.390. The van der Waals surface area contributed by atoms with Crippen LogP contribution in [0.25, 0.3) is 10.9 Å². The molecule has 0 N–H and O–H groups in total. The van der Waals surface area contributed by atoms with E-state index in [4.69, 9.17) is 34.8 Å². The van der Waals surface area contributed by atoms with Crippen molar-refractivity contribution in [3.63, 3.8) is 0 Å². The van der Waals surface area contributed by atoms with E-state index in [0.717, 1.165) is 16.5 Å². The predicted molar refractivity (Wildman–Crippen MR) is 61.3 cm³/mol. The fraction of sp³-hybridized carbons (Fsp3) is 0.100. The molecule has 0 saturated carbocycles. The van der Waals surface area contributed by atoms with Crippen LogP contribution >= 0.6 is 34.8 Å². The maximum atomic E-state index is 5.99. The van der Waals surface area contributed by atoms with Gasteiger partial charge in [-0.3, -0.25) is 4.98 Å². The number of halogens is 3. The zero-order chi connectivity index (χ0) is 10.1. The molecule has 0 fully saturated rings. The van der Waals surface area contributed by atoms with E-state index in [1.165, 1.54) is 0 Å². The molecule has 4 heteroatoms. The summed E-state index contributed by atoms with van der Waals surface area (Å²) in [5, 5.41) is 2.21. The maximum Gasteiger partial charge on any atom is 0.0718 e. The van der Waals surface area contributed by atoms with E-state index in [1.54, 1.807) is 12.3 Å². The van der Waals surface area contributed by atoms with Gasteiger partial charge in [-0.1, -0.05) is 23.2 Å². The number of benzene rings is 1. The third-order valence-corrected chi connectivity index (χ3v) is 2.81. The normalized spacial score (nSPS) is 10.8. The summed E-state index contributed by atoms with van der Waals surface area (Å²) in [7, 11) is 0. The quantitative estimate of drug-likeness (QED) is 0.684. The molecule has 2 rings (SSSR count). The molecule has 0 aliphatic heterocycles. The van der Waals surface area contributed by atoms with Crippen molar-refractivity contribution in [2.24, 2.45) is 0 Å². The van der Waals surface area contributed by atoms with Gasteiger partial charge < -0.3 is 0 Å². The van der Waals surface area contributed by atoms with Crippen LogP contribution < -0.4 is 0 Å². The highest BCUT2D eigenvalue weighted by Crippen LogP contribution is 2.25. The summed E-state index contributed by atoms with van der Waals surface area (Å²) in [5.74, 6) is 0.390. The Kier molecular flexibility index (Phi) is 2.82. The highest BCUT2D eigenvalue weighted by molar-refractivity contribution is 6.33. The van der Waals surface area contributed by atoms with Gasteiger partial charge in [-0.05, 0) is 23.8 Å². The Morgan fingerprint density at radius 1 is 1.14 bits per heavy atom. The summed E-state index contributed by atoms with van der Waals surface area (Å²) >= 11 is 17.5. The van der Waals surface area contributed by atoms with Crippen molar-refractivity contribution in [2.75, 3.05) is 0 Å². The molecule has 0 unspecified atom stereocenters. The summed E-state index contributed by atoms with van der Waals surface area (Å²) < 4.78 is 0. The average Bonchev–Trinajstić information content (AvgIpc) is 2.17. The molecule has 1 aromatic heterocycles. The Morgan fingerprint density at radius 2 is 1.93 bits per heavy atom. The van der Waals surface area contributed by atoms with E-state index in [0.29, 0.717) is 15.9 Å². The van der Waals surface area contributed by atoms with Crippen LogP contribution in [0.4, 0.5) is 0 Å². The molecule has 0 aliphatic rings. The first-order valence-electron chi connectivity index (χ1n) is 4.00. The Bertz CT molecular complexity index is 482. The first kappa shape index (κ1) is 10.0. The third kappa shape index (κ3) is 1.81. The molecule has 0 aliphatic carbocycles. The third-order valence-electron chi connectivity index (χ3n) is 1.96. The first-order chi connectivity index (χ1) is 6.70. The van der Waals surface area contributed by atoms with Crippen molar-refractivity contribution in [3.05, 3.63) is 40.0 Å². The molecule has 0 atom stereocenters. The number of rotatable bonds is 1. The van der Waals surface area contributed by atoms with E-state index in [-0.39, 0.29) is 0 Å². The van der Waals surface area contributed by atoms with Crippen LogP contribution in [0.2, 0.25) is 10.0 Å². The first-order valence-corrected chi connectivity index (χ1v) is 5.29. The molecular weight excluding hydrogens is 240 g/mol. The molecule has 0 bridgehead atoms. The predicted octanol–water partition coefficient (Wildman–Crippen LogP) is 4.28. The van der Waals surface area contributed by atoms with E-state index in [9.17, 15) is 0 Å². The van der Waals surface area contributed by atoms with Crippen LogP contribution in [-0.4, -0.2) is 4.98 Å². The van der Waals surface area contributed by atoms with Gasteiger partial charge in [0.15, 0.2) is 0 Å². The topological polar surface area (TPSA) is 12.9 Å². The molecule has 1 heterocycles. The van der Waals surface area contributed by atoms with Crippen molar-refractivity contribution in [2.45, 2.75) is 5.88 Å². The summed E-state index contributed by atoms with van der Waals surface area (Å²) in [6.07, 6.45) is 1.60. The largest absolute Gasteiger partial charge is 0.255 e. The molecule has 2 aromatic rings. The van der Waals surface area contributed by atoms with Crippen LogP contribution in [0.3, 0.4) is 0 Å². The van der Waals surface area contributed by atoms with Crippen LogP contribution in [0.5, 0.6) is 0 Å². The number of hydrogen-bond acceptors (Lipinski definition) is 1.